The minimum Gasteiger partial charge on any atom is -0.480 e. The molecule has 1 amide bonds. The van der Waals surface area contributed by atoms with Crippen LogP contribution in [0.15, 0.2) is 60.8 Å². The standard InChI is InChI=1S/C25H19F3N2O3/c1-32-23-16(13-17(14-30-23)25(26,27)28)7-6-12-29-24(31)33-15-22-20-10-4-2-8-18(20)19-9-3-5-11-21(19)22/h2-5,8-11,13-14,22H,12,15H2,1H3,(H,29,31). The van der Waals surface area contributed by atoms with Crippen LogP contribution in [-0.4, -0.2) is 31.3 Å². The minimum atomic E-state index is -4.55. The Labute approximate surface area is 188 Å². The van der Waals surface area contributed by atoms with Crippen LogP contribution >= 0.6 is 0 Å². The summed E-state index contributed by atoms with van der Waals surface area (Å²) in [6.07, 6.45) is -4.53. The number of nitrogens with one attached hydrogen (secondary N) is 1. The normalized spacial score (nSPS) is 12.2. The number of carbonyl (C=O) groups excluding carboxylic acids is 1. The molecule has 2 aromatic carbocycles. The van der Waals surface area contributed by atoms with Crippen molar-refractivity contribution in [3.63, 3.8) is 0 Å². The second kappa shape index (κ2) is 9.25. The van der Waals surface area contributed by atoms with Gasteiger partial charge in [0.2, 0.25) is 5.88 Å². The molecule has 33 heavy (non-hydrogen) atoms. The maximum absolute atomic E-state index is 12.9. The number of hydrogen-bond acceptors (Lipinski definition) is 4. The molecule has 0 radical (unpaired) electrons. The van der Waals surface area contributed by atoms with E-state index in [0.717, 1.165) is 28.3 Å². The number of alkyl carbamates (subject to hydrolysis) is 1. The zero-order valence-electron chi connectivity index (χ0n) is 17.6. The fraction of sp³-hybridized carbons (Fsp3) is 0.200. The highest BCUT2D eigenvalue weighted by Gasteiger charge is 2.32. The number of benzene rings is 2. The van der Waals surface area contributed by atoms with Crippen LogP contribution in [0.5, 0.6) is 5.88 Å². The van der Waals surface area contributed by atoms with Gasteiger partial charge < -0.3 is 14.8 Å². The Morgan fingerprint density at radius 2 is 1.73 bits per heavy atom. The number of methoxy groups -OCH3 is 1. The first-order valence-corrected chi connectivity index (χ1v) is 10.1. The first-order chi connectivity index (χ1) is 15.9. The highest BCUT2D eigenvalue weighted by atomic mass is 19.4. The molecule has 1 aliphatic rings. The second-order valence-corrected chi connectivity index (χ2v) is 7.26. The van der Waals surface area contributed by atoms with Gasteiger partial charge in [-0.3, -0.25) is 0 Å². The molecule has 1 aliphatic carbocycles. The SMILES string of the molecule is COc1ncc(C(F)(F)F)cc1C#CCNC(=O)OCC1c2ccccc2-c2ccccc21. The average Bonchev–Trinajstić information content (AvgIpc) is 3.13. The third-order valence-electron chi connectivity index (χ3n) is 5.26. The van der Waals surface area contributed by atoms with Gasteiger partial charge in [0, 0.05) is 12.1 Å². The predicted molar refractivity (Wildman–Crippen MR) is 116 cm³/mol. The molecule has 0 saturated carbocycles. The van der Waals surface area contributed by atoms with E-state index < -0.39 is 17.8 Å². The van der Waals surface area contributed by atoms with Crippen molar-refractivity contribution >= 4 is 6.09 Å². The van der Waals surface area contributed by atoms with E-state index in [4.69, 9.17) is 9.47 Å². The summed E-state index contributed by atoms with van der Waals surface area (Å²) in [6.45, 7) is 0.0364. The van der Waals surface area contributed by atoms with Gasteiger partial charge in [0.15, 0.2) is 0 Å². The van der Waals surface area contributed by atoms with Crippen LogP contribution in [0.4, 0.5) is 18.0 Å². The Balaban J connectivity index is 1.37. The van der Waals surface area contributed by atoms with Crippen molar-refractivity contribution in [3.8, 4) is 28.8 Å². The number of nitrogens with zero attached hydrogens (tertiary/aromatic N) is 1. The number of fused-ring (bicyclic) bond motifs is 3. The van der Waals surface area contributed by atoms with Crippen LogP contribution in [0.1, 0.15) is 28.2 Å². The van der Waals surface area contributed by atoms with Gasteiger partial charge in [0.25, 0.3) is 0 Å². The van der Waals surface area contributed by atoms with Crippen molar-refractivity contribution in [3.05, 3.63) is 83.0 Å². The number of ether oxygens (including phenoxy) is 2. The maximum atomic E-state index is 12.9. The molecule has 4 rings (SSSR count). The number of alkyl halides is 3. The molecule has 0 saturated heterocycles. The molecule has 0 spiro atoms. The van der Waals surface area contributed by atoms with Crippen molar-refractivity contribution in [1.29, 1.82) is 0 Å². The summed E-state index contributed by atoms with van der Waals surface area (Å²) in [5.74, 6) is 5.04. The van der Waals surface area contributed by atoms with Crippen LogP contribution in [0, 0.1) is 11.8 Å². The van der Waals surface area contributed by atoms with E-state index in [2.05, 4.69) is 22.1 Å². The predicted octanol–water partition coefficient (Wildman–Crippen LogP) is 5.00. The Bertz CT molecular complexity index is 1200. The molecule has 0 fully saturated rings. The summed E-state index contributed by atoms with van der Waals surface area (Å²) >= 11 is 0. The van der Waals surface area contributed by atoms with Crippen molar-refractivity contribution in [1.82, 2.24) is 10.3 Å². The summed E-state index contributed by atoms with van der Waals surface area (Å²) in [5, 5.41) is 2.49. The molecule has 1 heterocycles. The monoisotopic (exact) mass is 452 g/mol. The van der Waals surface area contributed by atoms with Gasteiger partial charge in [-0.1, -0.05) is 60.4 Å². The zero-order chi connectivity index (χ0) is 23.4. The first-order valence-electron chi connectivity index (χ1n) is 10.1. The van der Waals surface area contributed by atoms with Gasteiger partial charge >= 0.3 is 12.3 Å². The highest BCUT2D eigenvalue weighted by molar-refractivity contribution is 5.79. The zero-order valence-corrected chi connectivity index (χ0v) is 17.6. The van der Waals surface area contributed by atoms with E-state index in [1.807, 2.05) is 48.5 Å². The second-order valence-electron chi connectivity index (χ2n) is 7.26. The van der Waals surface area contributed by atoms with Crippen LogP contribution in [0.25, 0.3) is 11.1 Å². The largest absolute Gasteiger partial charge is 0.480 e. The van der Waals surface area contributed by atoms with E-state index >= 15 is 0 Å². The van der Waals surface area contributed by atoms with Crippen LogP contribution in [-0.2, 0) is 10.9 Å². The molecule has 168 valence electrons. The lowest BCUT2D eigenvalue weighted by Crippen LogP contribution is -2.26. The fourth-order valence-electron chi connectivity index (χ4n) is 3.76. The topological polar surface area (TPSA) is 60.5 Å². The average molecular weight is 452 g/mol. The van der Waals surface area contributed by atoms with Crippen molar-refractivity contribution in [2.24, 2.45) is 0 Å². The number of hydrogen-bond donors (Lipinski definition) is 1. The Morgan fingerprint density at radius 1 is 1.09 bits per heavy atom. The molecule has 0 atom stereocenters. The van der Waals surface area contributed by atoms with Crippen molar-refractivity contribution < 1.29 is 27.4 Å². The van der Waals surface area contributed by atoms with Gasteiger partial charge in [-0.15, -0.1) is 0 Å². The highest BCUT2D eigenvalue weighted by Crippen LogP contribution is 2.44. The molecule has 0 unspecified atom stereocenters. The third-order valence-corrected chi connectivity index (χ3v) is 5.26. The Hall–Kier alpha value is -3.99. The van der Waals surface area contributed by atoms with E-state index in [-0.39, 0.29) is 30.5 Å². The van der Waals surface area contributed by atoms with Crippen molar-refractivity contribution in [2.45, 2.75) is 12.1 Å². The molecule has 8 heteroatoms. The van der Waals surface area contributed by atoms with Gasteiger partial charge in [-0.25, -0.2) is 9.78 Å². The number of carbonyl (C=O) groups is 1. The number of rotatable bonds is 4. The van der Waals surface area contributed by atoms with E-state index in [1.165, 1.54) is 7.11 Å². The maximum Gasteiger partial charge on any atom is 0.417 e. The number of aromatic nitrogens is 1. The van der Waals surface area contributed by atoms with Gasteiger partial charge in [0.1, 0.15) is 6.61 Å². The van der Waals surface area contributed by atoms with E-state index in [1.54, 1.807) is 0 Å². The quantitative estimate of drug-likeness (QED) is 0.566. The summed E-state index contributed by atoms with van der Waals surface area (Å²) in [5.41, 5.74) is 3.47. The molecule has 3 aromatic rings. The molecule has 1 aromatic heterocycles. The molecule has 1 N–H and O–H groups in total. The lowest BCUT2D eigenvalue weighted by atomic mass is 9.98. The minimum absolute atomic E-state index is 0.0262. The Morgan fingerprint density at radius 3 is 2.33 bits per heavy atom. The first kappa shape index (κ1) is 22.2. The smallest absolute Gasteiger partial charge is 0.417 e. The van der Waals surface area contributed by atoms with E-state index in [9.17, 15) is 18.0 Å². The summed E-state index contributed by atoms with van der Waals surface area (Å²) < 4.78 is 49.0. The number of pyridine rings is 1. The lowest BCUT2D eigenvalue weighted by Gasteiger charge is -2.14. The molecule has 0 aliphatic heterocycles. The molecule has 0 bridgehead atoms. The summed E-state index contributed by atoms with van der Waals surface area (Å²) in [6, 6.07) is 16.8. The number of amides is 1. The Kier molecular flexibility index (Phi) is 6.22. The van der Waals surface area contributed by atoms with Crippen LogP contribution in [0.2, 0.25) is 0 Å². The van der Waals surface area contributed by atoms with Crippen LogP contribution < -0.4 is 10.1 Å². The molecular weight excluding hydrogens is 433 g/mol. The van der Waals surface area contributed by atoms with Gasteiger partial charge in [-0.2, -0.15) is 13.2 Å². The van der Waals surface area contributed by atoms with Gasteiger partial charge in [0.05, 0.1) is 24.8 Å². The number of halogens is 3. The van der Waals surface area contributed by atoms with Crippen molar-refractivity contribution in [2.75, 3.05) is 20.3 Å². The van der Waals surface area contributed by atoms with Gasteiger partial charge in [-0.05, 0) is 28.3 Å². The lowest BCUT2D eigenvalue weighted by molar-refractivity contribution is -0.137. The summed E-state index contributed by atoms with van der Waals surface area (Å²) in [4.78, 5) is 15.8. The third kappa shape index (κ3) is 4.77. The fourth-order valence-corrected chi connectivity index (χ4v) is 3.76. The summed E-state index contributed by atoms with van der Waals surface area (Å²) in [7, 11) is 1.29. The molecule has 5 nitrogen and oxygen atoms in total. The molecular formula is C25H19F3N2O3. The van der Waals surface area contributed by atoms with E-state index in [0.29, 0.717) is 6.20 Å². The van der Waals surface area contributed by atoms with Crippen LogP contribution in [0.3, 0.4) is 0 Å².